The van der Waals surface area contributed by atoms with E-state index in [0.29, 0.717) is 23.5 Å². The molecule has 1 fully saturated rings. The molecule has 2 rings (SSSR count). The molecule has 0 saturated carbocycles. The molecule has 1 aromatic rings. The molecular weight excluding hydrogens is 243 g/mol. The highest BCUT2D eigenvalue weighted by atomic mass is 19.1. The van der Waals surface area contributed by atoms with E-state index in [9.17, 15) is 4.39 Å². The second-order valence-electron chi connectivity index (χ2n) is 5.14. The molecule has 1 aliphatic rings. The van der Waals surface area contributed by atoms with Crippen molar-refractivity contribution in [1.29, 1.82) is 0 Å². The van der Waals surface area contributed by atoms with Crippen LogP contribution in [0.3, 0.4) is 0 Å². The lowest BCUT2D eigenvalue weighted by Crippen LogP contribution is -2.47. The van der Waals surface area contributed by atoms with Crippen LogP contribution in [-0.2, 0) is 0 Å². The lowest BCUT2D eigenvalue weighted by atomic mass is 9.97. The Balaban J connectivity index is 2.14. The molecule has 19 heavy (non-hydrogen) atoms. The number of piperidine rings is 1. The lowest BCUT2D eigenvalue weighted by molar-refractivity contribution is 0.370. The Morgan fingerprint density at radius 3 is 2.89 bits per heavy atom. The zero-order valence-corrected chi connectivity index (χ0v) is 11.9. The summed E-state index contributed by atoms with van der Waals surface area (Å²) in [6.45, 7) is 6.15. The van der Waals surface area contributed by atoms with Gasteiger partial charge in [-0.2, -0.15) is 0 Å². The van der Waals surface area contributed by atoms with Crippen molar-refractivity contribution in [3.63, 3.8) is 0 Å². The molecule has 0 aromatic heterocycles. The summed E-state index contributed by atoms with van der Waals surface area (Å²) in [4.78, 5) is 2.14. The van der Waals surface area contributed by atoms with Crippen LogP contribution in [0.4, 0.5) is 10.1 Å². The van der Waals surface area contributed by atoms with Crippen LogP contribution in [0.1, 0.15) is 26.7 Å². The first-order valence-electron chi connectivity index (χ1n) is 6.99. The quantitative estimate of drug-likeness (QED) is 0.907. The molecule has 0 aliphatic carbocycles. The summed E-state index contributed by atoms with van der Waals surface area (Å²) in [7, 11) is 1.61. The predicted molar refractivity (Wildman–Crippen MR) is 76.5 cm³/mol. The van der Waals surface area contributed by atoms with Crippen LogP contribution >= 0.6 is 0 Å². The van der Waals surface area contributed by atoms with E-state index in [0.717, 1.165) is 25.9 Å². The molecule has 0 amide bonds. The Hall–Kier alpha value is -1.29. The van der Waals surface area contributed by atoms with Crippen molar-refractivity contribution in [2.75, 3.05) is 25.1 Å². The highest BCUT2D eigenvalue weighted by molar-refractivity contribution is 5.53. The fourth-order valence-corrected chi connectivity index (χ4v) is 2.84. The summed E-state index contributed by atoms with van der Waals surface area (Å²) >= 11 is 0. The minimum Gasteiger partial charge on any atom is -0.497 e. The number of nitrogens with one attached hydrogen (secondary N) is 1. The SMILES string of the molecule is CCNC1CCN(c2cc(OC)ccc2F)C(C)C1. The average molecular weight is 266 g/mol. The van der Waals surface area contributed by atoms with Crippen LogP contribution in [0.5, 0.6) is 5.75 Å². The Labute approximate surface area is 114 Å². The first-order valence-corrected chi connectivity index (χ1v) is 6.99. The van der Waals surface area contributed by atoms with Gasteiger partial charge in [-0.15, -0.1) is 0 Å². The number of anilines is 1. The van der Waals surface area contributed by atoms with Crippen LogP contribution in [-0.4, -0.2) is 32.3 Å². The number of methoxy groups -OCH3 is 1. The molecule has 3 nitrogen and oxygen atoms in total. The minimum atomic E-state index is -0.172. The van der Waals surface area contributed by atoms with Crippen LogP contribution < -0.4 is 15.0 Å². The number of rotatable bonds is 4. The van der Waals surface area contributed by atoms with E-state index in [4.69, 9.17) is 4.74 Å². The van der Waals surface area contributed by atoms with E-state index in [-0.39, 0.29) is 5.82 Å². The third-order valence-corrected chi connectivity index (χ3v) is 3.83. The highest BCUT2D eigenvalue weighted by Gasteiger charge is 2.26. The molecule has 0 bridgehead atoms. The van der Waals surface area contributed by atoms with Gasteiger partial charge in [0.2, 0.25) is 0 Å². The molecule has 2 atom stereocenters. The molecular formula is C15H23FN2O. The van der Waals surface area contributed by atoms with Gasteiger partial charge in [0.1, 0.15) is 11.6 Å². The molecule has 1 N–H and O–H groups in total. The van der Waals surface area contributed by atoms with Crippen molar-refractivity contribution in [1.82, 2.24) is 5.32 Å². The van der Waals surface area contributed by atoms with Gasteiger partial charge in [-0.25, -0.2) is 4.39 Å². The van der Waals surface area contributed by atoms with Crippen LogP contribution in [0.15, 0.2) is 18.2 Å². The Morgan fingerprint density at radius 1 is 1.47 bits per heavy atom. The molecule has 1 saturated heterocycles. The first kappa shape index (κ1) is 14.1. The molecule has 106 valence electrons. The Kier molecular flexibility index (Phi) is 4.64. The van der Waals surface area contributed by atoms with E-state index >= 15 is 0 Å². The largest absolute Gasteiger partial charge is 0.497 e. The average Bonchev–Trinajstić information content (AvgIpc) is 2.40. The van der Waals surface area contributed by atoms with Crippen LogP contribution in [0.2, 0.25) is 0 Å². The highest BCUT2D eigenvalue weighted by Crippen LogP contribution is 2.30. The zero-order valence-electron chi connectivity index (χ0n) is 11.9. The van der Waals surface area contributed by atoms with Gasteiger partial charge in [0, 0.05) is 24.7 Å². The van der Waals surface area contributed by atoms with Crippen molar-refractivity contribution in [2.45, 2.75) is 38.8 Å². The van der Waals surface area contributed by atoms with Crippen molar-refractivity contribution in [3.8, 4) is 5.75 Å². The summed E-state index contributed by atoms with van der Waals surface area (Å²) in [6.07, 6.45) is 2.10. The second kappa shape index (κ2) is 6.24. The van der Waals surface area contributed by atoms with Crippen molar-refractivity contribution in [2.24, 2.45) is 0 Å². The van der Waals surface area contributed by atoms with Gasteiger partial charge < -0.3 is 15.0 Å². The number of hydrogen-bond acceptors (Lipinski definition) is 3. The fourth-order valence-electron chi connectivity index (χ4n) is 2.84. The van der Waals surface area contributed by atoms with E-state index in [2.05, 4.69) is 24.1 Å². The fraction of sp³-hybridized carbons (Fsp3) is 0.600. The normalized spacial score (nSPS) is 23.5. The Bertz CT molecular complexity index is 425. The number of hydrogen-bond donors (Lipinski definition) is 1. The number of halogens is 1. The third kappa shape index (κ3) is 3.18. The molecule has 1 aliphatic heterocycles. The van der Waals surface area contributed by atoms with Gasteiger partial charge in [0.05, 0.1) is 12.8 Å². The summed E-state index contributed by atoms with van der Waals surface area (Å²) < 4.78 is 19.2. The van der Waals surface area contributed by atoms with E-state index in [1.165, 1.54) is 6.07 Å². The molecule has 4 heteroatoms. The van der Waals surface area contributed by atoms with E-state index in [1.807, 2.05) is 0 Å². The summed E-state index contributed by atoms with van der Waals surface area (Å²) in [6, 6.07) is 5.82. The third-order valence-electron chi connectivity index (χ3n) is 3.83. The standard InChI is InChI=1S/C15H23FN2O/c1-4-17-12-7-8-18(11(2)9-12)15-10-13(19-3)5-6-14(15)16/h5-6,10-12,17H,4,7-9H2,1-3H3. The first-order chi connectivity index (χ1) is 9.15. The smallest absolute Gasteiger partial charge is 0.146 e. The van der Waals surface area contributed by atoms with Crippen molar-refractivity contribution in [3.05, 3.63) is 24.0 Å². The number of nitrogens with zero attached hydrogens (tertiary/aromatic N) is 1. The zero-order chi connectivity index (χ0) is 13.8. The van der Waals surface area contributed by atoms with Crippen LogP contribution in [0.25, 0.3) is 0 Å². The maximum Gasteiger partial charge on any atom is 0.146 e. The maximum absolute atomic E-state index is 14.0. The molecule has 2 unspecified atom stereocenters. The van der Waals surface area contributed by atoms with Gasteiger partial charge in [-0.05, 0) is 38.4 Å². The second-order valence-corrected chi connectivity index (χ2v) is 5.14. The maximum atomic E-state index is 14.0. The summed E-state index contributed by atoms with van der Waals surface area (Å²) in [5, 5.41) is 3.48. The van der Waals surface area contributed by atoms with Crippen LogP contribution in [0, 0.1) is 5.82 Å². The van der Waals surface area contributed by atoms with Gasteiger partial charge in [0.15, 0.2) is 0 Å². The molecule has 0 spiro atoms. The van der Waals surface area contributed by atoms with Gasteiger partial charge in [0.25, 0.3) is 0 Å². The van der Waals surface area contributed by atoms with E-state index in [1.54, 1.807) is 19.2 Å². The predicted octanol–water partition coefficient (Wildman–Crippen LogP) is 2.80. The molecule has 1 heterocycles. The number of ether oxygens (including phenoxy) is 1. The van der Waals surface area contributed by atoms with Gasteiger partial charge in [-0.3, -0.25) is 0 Å². The topological polar surface area (TPSA) is 24.5 Å². The summed E-state index contributed by atoms with van der Waals surface area (Å²) in [5.41, 5.74) is 0.654. The minimum absolute atomic E-state index is 0.172. The molecule has 1 aromatic carbocycles. The monoisotopic (exact) mass is 266 g/mol. The Morgan fingerprint density at radius 2 is 2.26 bits per heavy atom. The summed E-state index contributed by atoms with van der Waals surface area (Å²) in [5.74, 6) is 0.534. The molecule has 0 radical (unpaired) electrons. The number of benzene rings is 1. The lowest BCUT2D eigenvalue weighted by Gasteiger charge is -2.39. The van der Waals surface area contributed by atoms with Crippen molar-refractivity contribution < 1.29 is 9.13 Å². The van der Waals surface area contributed by atoms with E-state index < -0.39 is 0 Å². The van der Waals surface area contributed by atoms with Gasteiger partial charge >= 0.3 is 0 Å². The van der Waals surface area contributed by atoms with Crippen molar-refractivity contribution >= 4 is 5.69 Å². The van der Waals surface area contributed by atoms with Gasteiger partial charge in [-0.1, -0.05) is 6.92 Å².